The molecule has 0 radical (unpaired) electrons. The van der Waals surface area contributed by atoms with Crippen molar-refractivity contribution in [1.29, 1.82) is 0 Å². The van der Waals surface area contributed by atoms with E-state index in [0.29, 0.717) is 23.9 Å². The number of phenols is 1. The van der Waals surface area contributed by atoms with Gasteiger partial charge in [0.15, 0.2) is 11.5 Å². The molecule has 0 saturated carbocycles. The van der Waals surface area contributed by atoms with Crippen LogP contribution in [0.25, 0.3) is 0 Å². The second-order valence-corrected chi connectivity index (χ2v) is 4.49. The SMILES string of the molecule is CCOc1cccc(CNc2ccc(Cl)cc2)c1O. The third-order valence-electron chi connectivity index (χ3n) is 2.71. The molecule has 4 heteroatoms. The Balaban J connectivity index is 2.07. The number of para-hydroxylation sites is 1. The van der Waals surface area contributed by atoms with E-state index in [2.05, 4.69) is 5.32 Å². The van der Waals surface area contributed by atoms with E-state index in [1.807, 2.05) is 43.3 Å². The molecule has 0 fully saturated rings. The van der Waals surface area contributed by atoms with E-state index in [9.17, 15) is 5.11 Å². The third kappa shape index (κ3) is 3.55. The molecule has 19 heavy (non-hydrogen) atoms. The highest BCUT2D eigenvalue weighted by Crippen LogP contribution is 2.30. The van der Waals surface area contributed by atoms with Crippen LogP contribution in [0.5, 0.6) is 11.5 Å². The number of ether oxygens (including phenoxy) is 1. The van der Waals surface area contributed by atoms with Gasteiger partial charge in [0.2, 0.25) is 0 Å². The molecule has 2 aromatic rings. The lowest BCUT2D eigenvalue weighted by molar-refractivity contribution is 0.317. The van der Waals surface area contributed by atoms with E-state index in [0.717, 1.165) is 11.3 Å². The van der Waals surface area contributed by atoms with E-state index in [1.165, 1.54) is 0 Å². The normalized spacial score (nSPS) is 10.2. The van der Waals surface area contributed by atoms with Gasteiger partial charge in [0, 0.05) is 22.8 Å². The number of benzene rings is 2. The predicted molar refractivity (Wildman–Crippen MR) is 78.1 cm³/mol. The first-order valence-electron chi connectivity index (χ1n) is 6.13. The Morgan fingerprint density at radius 3 is 2.58 bits per heavy atom. The molecule has 0 spiro atoms. The number of aromatic hydroxyl groups is 1. The van der Waals surface area contributed by atoms with Gasteiger partial charge in [0.1, 0.15) is 0 Å². The minimum Gasteiger partial charge on any atom is -0.504 e. The van der Waals surface area contributed by atoms with Gasteiger partial charge in [-0.1, -0.05) is 23.7 Å². The first kappa shape index (κ1) is 13.6. The zero-order chi connectivity index (χ0) is 13.7. The quantitative estimate of drug-likeness (QED) is 0.866. The van der Waals surface area contributed by atoms with Crippen LogP contribution in [-0.2, 0) is 6.54 Å². The predicted octanol–water partition coefficient (Wildman–Crippen LogP) is 4.06. The van der Waals surface area contributed by atoms with Gasteiger partial charge in [-0.05, 0) is 37.3 Å². The average Bonchev–Trinajstić information content (AvgIpc) is 2.42. The molecule has 0 amide bonds. The van der Waals surface area contributed by atoms with Gasteiger partial charge in [-0.25, -0.2) is 0 Å². The number of rotatable bonds is 5. The third-order valence-corrected chi connectivity index (χ3v) is 2.96. The molecule has 0 bridgehead atoms. The van der Waals surface area contributed by atoms with E-state index in [-0.39, 0.29) is 5.75 Å². The van der Waals surface area contributed by atoms with Gasteiger partial charge in [-0.15, -0.1) is 0 Å². The van der Waals surface area contributed by atoms with Crippen molar-refractivity contribution in [3.63, 3.8) is 0 Å². The molecule has 0 aliphatic carbocycles. The summed E-state index contributed by atoms with van der Waals surface area (Å²) >= 11 is 5.83. The molecule has 0 heterocycles. The Bertz CT molecular complexity index is 540. The highest BCUT2D eigenvalue weighted by molar-refractivity contribution is 6.30. The van der Waals surface area contributed by atoms with Crippen LogP contribution in [0.15, 0.2) is 42.5 Å². The fourth-order valence-electron chi connectivity index (χ4n) is 1.75. The van der Waals surface area contributed by atoms with Gasteiger partial charge >= 0.3 is 0 Å². The Labute approximate surface area is 117 Å². The van der Waals surface area contributed by atoms with E-state index >= 15 is 0 Å². The summed E-state index contributed by atoms with van der Waals surface area (Å²) in [6.07, 6.45) is 0. The molecule has 0 aliphatic rings. The first-order chi connectivity index (χ1) is 9.20. The Hall–Kier alpha value is -1.87. The summed E-state index contributed by atoms with van der Waals surface area (Å²) in [7, 11) is 0. The Kier molecular flexibility index (Phi) is 4.53. The van der Waals surface area contributed by atoms with E-state index < -0.39 is 0 Å². The molecule has 0 aliphatic heterocycles. The summed E-state index contributed by atoms with van der Waals surface area (Å²) in [5.41, 5.74) is 1.74. The van der Waals surface area contributed by atoms with Gasteiger partial charge in [-0.2, -0.15) is 0 Å². The van der Waals surface area contributed by atoms with E-state index in [4.69, 9.17) is 16.3 Å². The first-order valence-corrected chi connectivity index (χ1v) is 6.51. The van der Waals surface area contributed by atoms with Crippen molar-refractivity contribution in [3.05, 3.63) is 53.1 Å². The van der Waals surface area contributed by atoms with Gasteiger partial charge in [-0.3, -0.25) is 0 Å². The van der Waals surface area contributed by atoms with Crippen molar-refractivity contribution in [3.8, 4) is 11.5 Å². The van der Waals surface area contributed by atoms with Crippen LogP contribution in [-0.4, -0.2) is 11.7 Å². The zero-order valence-electron chi connectivity index (χ0n) is 10.7. The Morgan fingerprint density at radius 1 is 1.16 bits per heavy atom. The number of halogens is 1. The molecule has 3 nitrogen and oxygen atoms in total. The van der Waals surface area contributed by atoms with Crippen LogP contribution >= 0.6 is 11.6 Å². The van der Waals surface area contributed by atoms with Crippen molar-refractivity contribution in [2.45, 2.75) is 13.5 Å². The fraction of sp³-hybridized carbons (Fsp3) is 0.200. The van der Waals surface area contributed by atoms with Crippen LogP contribution in [0.2, 0.25) is 5.02 Å². The summed E-state index contributed by atoms with van der Waals surface area (Å²) in [5, 5.41) is 14.0. The van der Waals surface area contributed by atoms with Crippen LogP contribution in [0, 0.1) is 0 Å². The number of nitrogens with one attached hydrogen (secondary N) is 1. The second kappa shape index (κ2) is 6.34. The summed E-state index contributed by atoms with van der Waals surface area (Å²) in [5.74, 6) is 0.698. The van der Waals surface area contributed by atoms with Gasteiger partial charge in [0.05, 0.1) is 6.61 Å². The lowest BCUT2D eigenvalue weighted by atomic mass is 10.2. The van der Waals surface area contributed by atoms with Crippen LogP contribution in [0.4, 0.5) is 5.69 Å². The van der Waals surface area contributed by atoms with E-state index in [1.54, 1.807) is 6.07 Å². The topological polar surface area (TPSA) is 41.5 Å². The van der Waals surface area contributed by atoms with Crippen LogP contribution in [0.3, 0.4) is 0 Å². The maximum Gasteiger partial charge on any atom is 0.162 e. The Morgan fingerprint density at radius 2 is 1.89 bits per heavy atom. The van der Waals surface area contributed by atoms with Crippen molar-refractivity contribution in [1.82, 2.24) is 0 Å². The molecule has 2 rings (SSSR count). The highest BCUT2D eigenvalue weighted by atomic mass is 35.5. The molecule has 2 aromatic carbocycles. The van der Waals surface area contributed by atoms with Crippen LogP contribution < -0.4 is 10.1 Å². The van der Waals surface area contributed by atoms with Crippen molar-refractivity contribution >= 4 is 17.3 Å². The average molecular weight is 278 g/mol. The molecular formula is C15H16ClNO2. The lowest BCUT2D eigenvalue weighted by Gasteiger charge is -2.11. The highest BCUT2D eigenvalue weighted by Gasteiger charge is 2.07. The lowest BCUT2D eigenvalue weighted by Crippen LogP contribution is -2.01. The monoisotopic (exact) mass is 277 g/mol. The summed E-state index contributed by atoms with van der Waals surface area (Å²) in [4.78, 5) is 0. The van der Waals surface area contributed by atoms with Gasteiger partial charge < -0.3 is 15.2 Å². The molecular weight excluding hydrogens is 262 g/mol. The summed E-state index contributed by atoms with van der Waals surface area (Å²) in [6.45, 7) is 2.94. The molecule has 2 N–H and O–H groups in total. The maximum absolute atomic E-state index is 10.1. The standard InChI is InChI=1S/C15H16ClNO2/c1-2-19-14-5-3-4-11(15(14)18)10-17-13-8-6-12(16)7-9-13/h3-9,17-18H,2,10H2,1H3. The summed E-state index contributed by atoms with van der Waals surface area (Å²) < 4.78 is 5.35. The second-order valence-electron chi connectivity index (χ2n) is 4.06. The minimum atomic E-state index is 0.186. The molecule has 0 atom stereocenters. The molecule has 0 aromatic heterocycles. The molecule has 0 saturated heterocycles. The molecule has 0 unspecified atom stereocenters. The largest absolute Gasteiger partial charge is 0.504 e. The van der Waals surface area contributed by atoms with Gasteiger partial charge in [0.25, 0.3) is 0 Å². The minimum absolute atomic E-state index is 0.186. The van der Waals surface area contributed by atoms with Crippen molar-refractivity contribution < 1.29 is 9.84 Å². The molecule has 100 valence electrons. The van der Waals surface area contributed by atoms with Crippen molar-refractivity contribution in [2.24, 2.45) is 0 Å². The van der Waals surface area contributed by atoms with Crippen LogP contribution in [0.1, 0.15) is 12.5 Å². The van der Waals surface area contributed by atoms with Crippen molar-refractivity contribution in [2.75, 3.05) is 11.9 Å². The summed E-state index contributed by atoms with van der Waals surface area (Å²) in [6, 6.07) is 12.9. The smallest absolute Gasteiger partial charge is 0.162 e. The number of phenolic OH excluding ortho intramolecular Hbond substituents is 1. The number of hydrogen-bond acceptors (Lipinski definition) is 3. The maximum atomic E-state index is 10.1. The number of hydrogen-bond donors (Lipinski definition) is 2. The number of anilines is 1. The zero-order valence-corrected chi connectivity index (χ0v) is 11.4. The fourth-order valence-corrected chi connectivity index (χ4v) is 1.87.